The van der Waals surface area contributed by atoms with E-state index in [1.54, 1.807) is 24.3 Å². The summed E-state index contributed by atoms with van der Waals surface area (Å²) in [6.07, 6.45) is 5.04. The molecule has 162 valence electrons. The zero-order valence-electron chi connectivity index (χ0n) is 17.6. The molecule has 0 bridgehead atoms. The molecule has 1 fully saturated rings. The summed E-state index contributed by atoms with van der Waals surface area (Å²) >= 11 is 0. The van der Waals surface area contributed by atoms with Crippen molar-refractivity contribution in [3.05, 3.63) is 60.2 Å². The van der Waals surface area contributed by atoms with Crippen molar-refractivity contribution in [3.63, 3.8) is 0 Å². The second-order valence-corrected chi connectivity index (χ2v) is 9.73. The zero-order valence-corrected chi connectivity index (χ0v) is 18.4. The Kier molecular flexibility index (Phi) is 7.50. The van der Waals surface area contributed by atoms with Gasteiger partial charge >= 0.3 is 0 Å². The highest BCUT2D eigenvalue weighted by Crippen LogP contribution is 2.26. The first-order valence-electron chi connectivity index (χ1n) is 10.4. The molecule has 7 heteroatoms. The van der Waals surface area contributed by atoms with Gasteiger partial charge in [-0.15, -0.1) is 0 Å². The third-order valence-electron chi connectivity index (χ3n) is 5.65. The minimum absolute atomic E-state index is 0.139. The minimum atomic E-state index is -3.69. The van der Waals surface area contributed by atoms with Gasteiger partial charge in [-0.1, -0.05) is 38.0 Å². The molecule has 1 N–H and O–H groups in total. The van der Waals surface area contributed by atoms with Crippen molar-refractivity contribution in [2.45, 2.75) is 43.6 Å². The molecule has 1 aliphatic rings. The van der Waals surface area contributed by atoms with Gasteiger partial charge in [0.1, 0.15) is 0 Å². The highest BCUT2D eigenvalue weighted by atomic mass is 32.2. The van der Waals surface area contributed by atoms with Gasteiger partial charge < -0.3 is 10.1 Å². The van der Waals surface area contributed by atoms with Crippen LogP contribution in [0, 0.1) is 5.92 Å². The molecule has 0 aliphatic heterocycles. The van der Waals surface area contributed by atoms with Crippen LogP contribution in [0.5, 0.6) is 0 Å². The molecule has 0 spiro atoms. The predicted molar refractivity (Wildman–Crippen MR) is 118 cm³/mol. The van der Waals surface area contributed by atoms with Crippen LogP contribution in [0.4, 0.5) is 5.69 Å². The van der Waals surface area contributed by atoms with Crippen LogP contribution in [-0.2, 0) is 14.8 Å². The Morgan fingerprint density at radius 1 is 1.07 bits per heavy atom. The van der Waals surface area contributed by atoms with Crippen LogP contribution in [0.1, 0.15) is 43.0 Å². The number of nitrogens with zero attached hydrogens (tertiary/aromatic N) is 1. The van der Waals surface area contributed by atoms with E-state index in [-0.39, 0.29) is 16.9 Å². The summed E-state index contributed by atoms with van der Waals surface area (Å²) in [6, 6.07) is 14.9. The van der Waals surface area contributed by atoms with Gasteiger partial charge in [-0.2, -0.15) is 0 Å². The summed E-state index contributed by atoms with van der Waals surface area (Å²) in [5.41, 5.74) is 0.994. The Morgan fingerprint density at radius 3 is 2.40 bits per heavy atom. The van der Waals surface area contributed by atoms with E-state index in [1.807, 2.05) is 6.07 Å². The van der Waals surface area contributed by atoms with Gasteiger partial charge in [-0.05, 0) is 55.2 Å². The Bertz CT molecular complexity index is 929. The van der Waals surface area contributed by atoms with Crippen LogP contribution in [-0.4, -0.2) is 40.6 Å². The maximum absolute atomic E-state index is 12.8. The lowest BCUT2D eigenvalue weighted by Gasteiger charge is -2.28. The van der Waals surface area contributed by atoms with Gasteiger partial charge in [0.25, 0.3) is 15.9 Å². The average molecular weight is 431 g/mol. The van der Waals surface area contributed by atoms with Crippen LogP contribution in [0.15, 0.2) is 59.5 Å². The highest BCUT2D eigenvalue weighted by Gasteiger charge is 2.22. The largest absolute Gasteiger partial charge is 0.376 e. The van der Waals surface area contributed by atoms with Crippen LogP contribution in [0.25, 0.3) is 0 Å². The summed E-state index contributed by atoms with van der Waals surface area (Å²) in [4.78, 5) is 12.5. The zero-order chi connectivity index (χ0) is 21.6. The summed E-state index contributed by atoms with van der Waals surface area (Å²) in [5, 5.41) is 2.84. The molecule has 6 nitrogen and oxygen atoms in total. The molecule has 1 aliphatic carbocycles. The number of hydrogen-bond donors (Lipinski definition) is 1. The lowest BCUT2D eigenvalue weighted by Crippen LogP contribution is -2.31. The lowest BCUT2D eigenvalue weighted by atomic mass is 9.88. The molecule has 0 aromatic heterocycles. The SMILES string of the molecule is CC1CCCCC1OCCNC(=O)c1ccc(S(=O)(=O)N(C)c2ccccc2)cc1. The fourth-order valence-corrected chi connectivity index (χ4v) is 4.92. The van der Waals surface area contributed by atoms with E-state index in [0.717, 1.165) is 6.42 Å². The number of para-hydroxylation sites is 1. The van der Waals surface area contributed by atoms with E-state index in [0.29, 0.717) is 30.3 Å². The number of carbonyl (C=O) groups is 1. The monoisotopic (exact) mass is 430 g/mol. The fourth-order valence-electron chi connectivity index (χ4n) is 3.72. The topological polar surface area (TPSA) is 75.7 Å². The first kappa shape index (κ1) is 22.3. The Labute approximate surface area is 179 Å². The van der Waals surface area contributed by atoms with Crippen LogP contribution >= 0.6 is 0 Å². The van der Waals surface area contributed by atoms with Crippen molar-refractivity contribution >= 4 is 21.6 Å². The first-order chi connectivity index (χ1) is 14.4. The van der Waals surface area contributed by atoms with Gasteiger partial charge in [0.15, 0.2) is 0 Å². The molecule has 2 unspecified atom stereocenters. The third-order valence-corrected chi connectivity index (χ3v) is 7.45. The van der Waals surface area contributed by atoms with Crippen molar-refractivity contribution in [1.29, 1.82) is 0 Å². The Morgan fingerprint density at radius 2 is 1.73 bits per heavy atom. The molecule has 0 saturated heterocycles. The van der Waals surface area contributed by atoms with Crippen LogP contribution in [0.3, 0.4) is 0 Å². The van der Waals surface area contributed by atoms with Crippen molar-refractivity contribution in [3.8, 4) is 0 Å². The molecule has 2 aromatic rings. The molecule has 2 aromatic carbocycles. The van der Waals surface area contributed by atoms with Crippen molar-refractivity contribution in [1.82, 2.24) is 5.32 Å². The van der Waals surface area contributed by atoms with Gasteiger partial charge in [0, 0.05) is 19.2 Å². The van der Waals surface area contributed by atoms with E-state index in [9.17, 15) is 13.2 Å². The molecule has 0 radical (unpaired) electrons. The average Bonchev–Trinajstić information content (AvgIpc) is 2.77. The molecule has 0 heterocycles. The lowest BCUT2D eigenvalue weighted by molar-refractivity contribution is -0.00293. The molecule has 30 heavy (non-hydrogen) atoms. The maximum Gasteiger partial charge on any atom is 0.264 e. The van der Waals surface area contributed by atoms with E-state index in [4.69, 9.17) is 4.74 Å². The van der Waals surface area contributed by atoms with Gasteiger partial charge in [0.2, 0.25) is 0 Å². The maximum atomic E-state index is 12.8. The number of rotatable bonds is 8. The fraction of sp³-hybridized carbons (Fsp3) is 0.435. The third kappa shape index (κ3) is 5.40. The first-order valence-corrected chi connectivity index (χ1v) is 11.9. The van der Waals surface area contributed by atoms with Crippen LogP contribution in [0.2, 0.25) is 0 Å². The quantitative estimate of drug-likeness (QED) is 0.646. The van der Waals surface area contributed by atoms with Gasteiger partial charge in [0.05, 0.1) is 23.3 Å². The summed E-state index contributed by atoms with van der Waals surface area (Å²) in [6.45, 7) is 3.13. The molecular formula is C23H30N2O4S. The van der Waals surface area contributed by atoms with E-state index in [2.05, 4.69) is 12.2 Å². The minimum Gasteiger partial charge on any atom is -0.376 e. The Hall–Kier alpha value is -2.38. The van der Waals surface area contributed by atoms with Gasteiger partial charge in [-0.3, -0.25) is 9.10 Å². The molecule has 3 rings (SSSR count). The molecular weight excluding hydrogens is 400 g/mol. The summed E-state index contributed by atoms with van der Waals surface area (Å²) in [5.74, 6) is 0.327. The number of benzene rings is 2. The standard InChI is InChI=1S/C23H30N2O4S/c1-18-8-6-7-11-22(18)29-17-16-24-23(26)19-12-14-21(15-13-19)30(27,28)25(2)20-9-4-3-5-10-20/h3-5,9-10,12-15,18,22H,6-8,11,16-17H2,1-2H3,(H,24,26). The molecule has 2 atom stereocenters. The number of amides is 1. The summed E-state index contributed by atoms with van der Waals surface area (Å²) < 4.78 is 32.8. The normalized spacial score (nSPS) is 19.3. The number of anilines is 1. The van der Waals surface area contributed by atoms with Crippen LogP contribution < -0.4 is 9.62 Å². The van der Waals surface area contributed by atoms with E-state index < -0.39 is 10.0 Å². The highest BCUT2D eigenvalue weighted by molar-refractivity contribution is 7.92. The number of carbonyl (C=O) groups excluding carboxylic acids is 1. The van der Waals surface area contributed by atoms with E-state index in [1.165, 1.54) is 54.9 Å². The van der Waals surface area contributed by atoms with Crippen molar-refractivity contribution in [2.24, 2.45) is 5.92 Å². The summed E-state index contributed by atoms with van der Waals surface area (Å²) in [7, 11) is -2.18. The smallest absolute Gasteiger partial charge is 0.264 e. The number of ether oxygens (including phenoxy) is 1. The second kappa shape index (κ2) is 10.1. The molecule has 1 amide bonds. The predicted octanol–water partition coefficient (Wildman–Crippen LogP) is 3.84. The number of sulfonamides is 1. The van der Waals surface area contributed by atoms with Crippen molar-refractivity contribution in [2.75, 3.05) is 24.5 Å². The van der Waals surface area contributed by atoms with Crippen molar-refractivity contribution < 1.29 is 17.9 Å². The van der Waals surface area contributed by atoms with E-state index >= 15 is 0 Å². The second-order valence-electron chi connectivity index (χ2n) is 7.76. The Balaban J connectivity index is 1.53. The molecule has 1 saturated carbocycles. The number of hydrogen-bond acceptors (Lipinski definition) is 4. The van der Waals surface area contributed by atoms with Gasteiger partial charge in [-0.25, -0.2) is 8.42 Å². The number of nitrogens with one attached hydrogen (secondary N) is 1.